The smallest absolute Gasteiger partial charge is 0.300 e. The fourth-order valence-corrected chi connectivity index (χ4v) is 4.35. The molecule has 0 aliphatic rings. The van der Waals surface area contributed by atoms with E-state index in [0.717, 1.165) is 23.4 Å². The minimum Gasteiger partial charge on any atom is -0.494 e. The van der Waals surface area contributed by atoms with Crippen LogP contribution in [0.5, 0.6) is 5.75 Å². The van der Waals surface area contributed by atoms with Crippen molar-refractivity contribution in [2.45, 2.75) is 32.6 Å². The average Bonchev–Trinajstić information content (AvgIpc) is 3.50. The highest BCUT2D eigenvalue weighted by molar-refractivity contribution is 5.83. The number of hydrogen-bond donors (Lipinski definition) is 2. The molecular weight excluding hydrogens is 456 g/mol. The first-order chi connectivity index (χ1) is 17.6. The fourth-order valence-electron chi connectivity index (χ4n) is 4.35. The standard InChI is InChI=1S/C27H28N6O3/c1-2-36-21-12-10-20(11-13-21)32-16-17-33-24(30-31-26(33)27(32)35)8-5-9-25(34)28-15-14-19-18-29-23-7-4-3-6-22(19)23/h3-4,6-7,10-13,16-18,29H,2,5,8-9,14-15H2,1H3,(H,28,34). The molecule has 9 heteroatoms. The van der Waals surface area contributed by atoms with E-state index in [-0.39, 0.29) is 17.1 Å². The van der Waals surface area contributed by atoms with Crippen LogP contribution in [0.3, 0.4) is 0 Å². The van der Waals surface area contributed by atoms with E-state index < -0.39 is 0 Å². The Morgan fingerprint density at radius 1 is 1.06 bits per heavy atom. The SMILES string of the molecule is CCOc1ccc(-n2ccn3c(CCCC(=O)NCCc4c[nH]c5ccccc45)nnc3c2=O)cc1. The molecule has 0 atom stereocenters. The van der Waals surface area contributed by atoms with Crippen LogP contribution in [0, 0.1) is 0 Å². The lowest BCUT2D eigenvalue weighted by Gasteiger charge is -2.08. The van der Waals surface area contributed by atoms with Gasteiger partial charge in [0.25, 0.3) is 0 Å². The van der Waals surface area contributed by atoms with Gasteiger partial charge in [-0.1, -0.05) is 18.2 Å². The molecule has 0 saturated carbocycles. The molecule has 5 rings (SSSR count). The minimum absolute atomic E-state index is 0.00140. The number of aromatic amines is 1. The summed E-state index contributed by atoms with van der Waals surface area (Å²) in [4.78, 5) is 28.6. The third-order valence-electron chi connectivity index (χ3n) is 6.16. The zero-order valence-electron chi connectivity index (χ0n) is 20.1. The molecule has 1 amide bonds. The van der Waals surface area contributed by atoms with E-state index in [9.17, 15) is 9.59 Å². The number of rotatable bonds is 10. The van der Waals surface area contributed by atoms with Crippen LogP contribution >= 0.6 is 0 Å². The summed E-state index contributed by atoms with van der Waals surface area (Å²) in [5.74, 6) is 1.41. The number of nitrogens with one attached hydrogen (secondary N) is 2. The van der Waals surface area contributed by atoms with Crippen molar-refractivity contribution in [3.8, 4) is 11.4 Å². The highest BCUT2D eigenvalue weighted by atomic mass is 16.5. The second kappa shape index (κ2) is 10.5. The van der Waals surface area contributed by atoms with Crippen molar-refractivity contribution in [1.82, 2.24) is 29.5 Å². The number of ether oxygens (including phenoxy) is 1. The van der Waals surface area contributed by atoms with Crippen LogP contribution in [0.2, 0.25) is 0 Å². The Morgan fingerprint density at radius 2 is 1.89 bits per heavy atom. The van der Waals surface area contributed by atoms with Crippen LogP contribution < -0.4 is 15.6 Å². The van der Waals surface area contributed by atoms with Crippen molar-refractivity contribution in [3.63, 3.8) is 0 Å². The Balaban J connectivity index is 1.15. The van der Waals surface area contributed by atoms with Crippen LogP contribution in [0.4, 0.5) is 0 Å². The molecule has 2 aromatic carbocycles. The largest absolute Gasteiger partial charge is 0.494 e. The predicted octanol–water partition coefficient (Wildman–Crippen LogP) is 3.44. The van der Waals surface area contributed by atoms with Gasteiger partial charge in [0.15, 0.2) is 0 Å². The number of amides is 1. The molecule has 0 unspecified atom stereocenters. The van der Waals surface area contributed by atoms with Crippen molar-refractivity contribution >= 4 is 22.5 Å². The summed E-state index contributed by atoms with van der Waals surface area (Å²) in [5.41, 5.74) is 3.02. The zero-order chi connectivity index (χ0) is 24.9. The number of carbonyl (C=O) groups is 1. The normalized spacial score (nSPS) is 11.2. The van der Waals surface area contributed by atoms with Crippen LogP contribution in [0.15, 0.2) is 71.9 Å². The number of carbonyl (C=O) groups excluding carboxylic acids is 1. The van der Waals surface area contributed by atoms with Crippen LogP contribution in [-0.2, 0) is 17.6 Å². The first-order valence-electron chi connectivity index (χ1n) is 12.1. The molecule has 0 aliphatic heterocycles. The number of fused-ring (bicyclic) bond motifs is 2. The predicted molar refractivity (Wildman–Crippen MR) is 138 cm³/mol. The Bertz CT molecular complexity index is 1550. The van der Waals surface area contributed by atoms with E-state index >= 15 is 0 Å². The molecule has 3 aromatic heterocycles. The van der Waals surface area contributed by atoms with Crippen LogP contribution in [0.25, 0.3) is 22.2 Å². The number of benzene rings is 2. The molecule has 0 saturated heterocycles. The summed E-state index contributed by atoms with van der Waals surface area (Å²) in [5, 5.41) is 12.5. The number of nitrogens with zero attached hydrogens (tertiary/aromatic N) is 4. The average molecular weight is 485 g/mol. The molecule has 0 fully saturated rings. The molecule has 0 aliphatic carbocycles. The van der Waals surface area contributed by atoms with E-state index in [2.05, 4.69) is 26.6 Å². The molecule has 184 valence electrons. The molecule has 36 heavy (non-hydrogen) atoms. The first kappa shape index (κ1) is 23.3. The highest BCUT2D eigenvalue weighted by Gasteiger charge is 2.12. The van der Waals surface area contributed by atoms with Crippen molar-refractivity contribution in [3.05, 3.63) is 88.9 Å². The quantitative estimate of drug-likeness (QED) is 0.316. The fraction of sp³-hybridized carbons (Fsp3) is 0.259. The molecule has 2 N–H and O–H groups in total. The molecule has 0 bridgehead atoms. The summed E-state index contributed by atoms with van der Waals surface area (Å²) in [6, 6.07) is 15.5. The second-order valence-electron chi connectivity index (χ2n) is 8.52. The molecule has 0 radical (unpaired) electrons. The second-order valence-corrected chi connectivity index (χ2v) is 8.52. The monoisotopic (exact) mass is 484 g/mol. The first-order valence-corrected chi connectivity index (χ1v) is 12.1. The van der Waals surface area contributed by atoms with Gasteiger partial charge < -0.3 is 15.0 Å². The third kappa shape index (κ3) is 4.86. The lowest BCUT2D eigenvalue weighted by Crippen LogP contribution is -2.25. The highest BCUT2D eigenvalue weighted by Crippen LogP contribution is 2.18. The summed E-state index contributed by atoms with van der Waals surface area (Å²) < 4.78 is 8.69. The van der Waals surface area contributed by atoms with Gasteiger partial charge in [0, 0.05) is 54.6 Å². The van der Waals surface area contributed by atoms with Gasteiger partial charge in [-0.25, -0.2) is 0 Å². The Morgan fingerprint density at radius 3 is 2.72 bits per heavy atom. The Hall–Kier alpha value is -4.40. The maximum atomic E-state index is 13.0. The maximum Gasteiger partial charge on any atom is 0.300 e. The van der Waals surface area contributed by atoms with Gasteiger partial charge in [0.05, 0.1) is 6.61 Å². The summed E-state index contributed by atoms with van der Waals surface area (Å²) in [6.45, 7) is 3.09. The van der Waals surface area contributed by atoms with Crippen molar-refractivity contribution in [2.24, 2.45) is 0 Å². The number of para-hydroxylation sites is 1. The van der Waals surface area contributed by atoms with Gasteiger partial charge in [-0.3, -0.25) is 18.6 Å². The maximum absolute atomic E-state index is 13.0. The van der Waals surface area contributed by atoms with Gasteiger partial charge in [0.1, 0.15) is 11.6 Å². The lowest BCUT2D eigenvalue weighted by atomic mass is 10.1. The van der Waals surface area contributed by atoms with Gasteiger partial charge in [-0.15, -0.1) is 10.2 Å². The number of aryl methyl sites for hydroxylation is 1. The summed E-state index contributed by atoms with van der Waals surface area (Å²) >= 11 is 0. The van der Waals surface area contributed by atoms with Crippen molar-refractivity contribution in [1.29, 1.82) is 0 Å². The molecule has 0 spiro atoms. The van der Waals surface area contributed by atoms with E-state index in [1.165, 1.54) is 15.5 Å². The molecule has 9 nitrogen and oxygen atoms in total. The van der Waals surface area contributed by atoms with Gasteiger partial charge in [0.2, 0.25) is 11.6 Å². The van der Waals surface area contributed by atoms with E-state index in [4.69, 9.17) is 4.74 Å². The van der Waals surface area contributed by atoms with Gasteiger partial charge >= 0.3 is 5.56 Å². The third-order valence-corrected chi connectivity index (χ3v) is 6.16. The Kier molecular flexibility index (Phi) is 6.79. The summed E-state index contributed by atoms with van der Waals surface area (Å²) in [6.07, 6.45) is 7.79. The molecular formula is C27H28N6O3. The van der Waals surface area contributed by atoms with E-state index in [1.54, 1.807) is 16.8 Å². The minimum atomic E-state index is -0.254. The van der Waals surface area contributed by atoms with E-state index in [1.807, 2.05) is 55.6 Å². The van der Waals surface area contributed by atoms with Crippen LogP contribution in [-0.4, -0.2) is 43.2 Å². The zero-order valence-corrected chi connectivity index (χ0v) is 20.1. The number of aromatic nitrogens is 5. The van der Waals surface area contributed by atoms with Crippen LogP contribution in [0.1, 0.15) is 31.2 Å². The summed E-state index contributed by atoms with van der Waals surface area (Å²) in [7, 11) is 0. The van der Waals surface area contributed by atoms with Crippen molar-refractivity contribution in [2.75, 3.05) is 13.2 Å². The number of hydrogen-bond acceptors (Lipinski definition) is 5. The Labute approximate surface area is 207 Å². The lowest BCUT2D eigenvalue weighted by molar-refractivity contribution is -0.121. The molecule has 5 aromatic rings. The van der Waals surface area contributed by atoms with E-state index in [0.29, 0.717) is 38.2 Å². The molecule has 3 heterocycles. The topological polar surface area (TPSA) is 106 Å². The van der Waals surface area contributed by atoms with Gasteiger partial charge in [-0.05, 0) is 55.7 Å². The van der Waals surface area contributed by atoms with Gasteiger partial charge in [-0.2, -0.15) is 0 Å². The number of H-pyrrole nitrogens is 1. The van der Waals surface area contributed by atoms with Crippen molar-refractivity contribution < 1.29 is 9.53 Å².